The van der Waals surface area contributed by atoms with Crippen LogP contribution >= 0.6 is 0 Å². The highest BCUT2D eigenvalue weighted by Gasteiger charge is 2.02. The molecule has 0 spiro atoms. The molecule has 0 aromatic heterocycles. The molecule has 0 fully saturated rings. The predicted molar refractivity (Wildman–Crippen MR) is 63.1 cm³/mol. The van der Waals surface area contributed by atoms with E-state index >= 15 is 0 Å². The smallest absolute Gasteiger partial charge is 0.157 e. The predicted octanol–water partition coefficient (Wildman–Crippen LogP) is 0.239. The fourth-order valence-corrected chi connectivity index (χ4v) is 1.37. The molecule has 0 amide bonds. The Morgan fingerprint density at radius 1 is 1.67 bits per heavy atom. The summed E-state index contributed by atoms with van der Waals surface area (Å²) in [5, 5.41) is 3.03. The fraction of sp³-hybridized carbons (Fsp3) is 0.556. The molecular formula is C9H19N3O2S. The quantitative estimate of drug-likeness (QED) is 0.389. The maximum absolute atomic E-state index is 10.6. The Kier molecular flexibility index (Phi) is 6.81. The normalized spacial score (nSPS) is 17.3. The Morgan fingerprint density at radius 3 is 2.67 bits per heavy atom. The lowest BCUT2D eigenvalue weighted by molar-refractivity contribution is 0.567. The van der Waals surface area contributed by atoms with Crippen LogP contribution in [0.3, 0.4) is 0 Å². The van der Waals surface area contributed by atoms with Crippen LogP contribution < -0.4 is 16.8 Å². The van der Waals surface area contributed by atoms with Gasteiger partial charge < -0.3 is 21.3 Å². The van der Waals surface area contributed by atoms with E-state index in [9.17, 15) is 4.21 Å². The van der Waals surface area contributed by atoms with Gasteiger partial charge in [0.2, 0.25) is 0 Å². The summed E-state index contributed by atoms with van der Waals surface area (Å²) in [6.45, 7) is 4.03. The first kappa shape index (κ1) is 14.0. The molecule has 2 atom stereocenters. The van der Waals surface area contributed by atoms with Crippen molar-refractivity contribution in [2.45, 2.75) is 26.3 Å². The Bertz CT molecular complexity index is 277. The summed E-state index contributed by atoms with van der Waals surface area (Å²) in [5.74, 6) is 0.436. The highest BCUT2D eigenvalue weighted by Crippen LogP contribution is 1.99. The van der Waals surface area contributed by atoms with E-state index in [1.165, 1.54) is 6.20 Å². The molecule has 0 aliphatic rings. The van der Waals surface area contributed by atoms with Crippen molar-refractivity contribution >= 4 is 11.1 Å². The van der Waals surface area contributed by atoms with Crippen molar-refractivity contribution in [1.29, 1.82) is 0 Å². The highest BCUT2D eigenvalue weighted by atomic mass is 32.2. The summed E-state index contributed by atoms with van der Waals surface area (Å²) in [6, 6.07) is 0.264. The molecule has 0 rings (SSSR count). The molecule has 0 aromatic rings. The van der Waals surface area contributed by atoms with Gasteiger partial charge in [-0.15, -0.1) is 0 Å². The van der Waals surface area contributed by atoms with E-state index in [0.717, 1.165) is 6.42 Å². The minimum absolute atomic E-state index is 0.0145. The molecule has 0 aliphatic carbocycles. The molecule has 88 valence electrons. The molecule has 0 heterocycles. The molecule has 0 saturated heterocycles. The molecule has 1 unspecified atom stereocenters. The van der Waals surface area contributed by atoms with Crippen molar-refractivity contribution in [2.75, 3.05) is 5.75 Å². The molecule has 0 aromatic carbocycles. The Morgan fingerprint density at radius 2 is 2.27 bits per heavy atom. The summed E-state index contributed by atoms with van der Waals surface area (Å²) >= 11 is -1.90. The number of hydrogen-bond acceptors (Lipinski definition) is 4. The third kappa shape index (κ3) is 6.98. The van der Waals surface area contributed by atoms with Crippen LogP contribution in [0, 0.1) is 0 Å². The fourth-order valence-electron chi connectivity index (χ4n) is 0.908. The van der Waals surface area contributed by atoms with E-state index in [-0.39, 0.29) is 11.8 Å². The molecule has 0 bridgehead atoms. The maximum Gasteiger partial charge on any atom is 0.157 e. The first-order chi connectivity index (χ1) is 6.99. The van der Waals surface area contributed by atoms with Crippen molar-refractivity contribution in [1.82, 2.24) is 5.32 Å². The van der Waals surface area contributed by atoms with Gasteiger partial charge in [0.25, 0.3) is 0 Å². The van der Waals surface area contributed by atoms with Gasteiger partial charge in [0.1, 0.15) is 0 Å². The van der Waals surface area contributed by atoms with Crippen LogP contribution in [0.25, 0.3) is 0 Å². The Hall–Kier alpha value is -1.01. The van der Waals surface area contributed by atoms with E-state index < -0.39 is 11.1 Å². The Balaban J connectivity index is 4.36. The number of allylic oxidation sites excluding steroid dienone is 1. The van der Waals surface area contributed by atoms with Crippen LogP contribution in [0.5, 0.6) is 0 Å². The lowest BCUT2D eigenvalue weighted by atomic mass is 10.2. The minimum atomic E-state index is -1.90. The Labute approximate surface area is 92.9 Å². The lowest BCUT2D eigenvalue weighted by Crippen LogP contribution is -2.29. The van der Waals surface area contributed by atoms with Gasteiger partial charge in [0, 0.05) is 6.04 Å². The lowest BCUT2D eigenvalue weighted by Gasteiger charge is -2.13. The van der Waals surface area contributed by atoms with Crippen molar-refractivity contribution in [3.63, 3.8) is 0 Å². The molecule has 0 radical (unpaired) electrons. The summed E-state index contributed by atoms with van der Waals surface area (Å²) in [6.07, 6.45) is 3.79. The van der Waals surface area contributed by atoms with E-state index in [1.54, 1.807) is 6.08 Å². The SMILES string of the molecule is CC[C@H](C)N/C(N)=C/C(=C\N)CS(=O)O. The number of hydrogen-bond donors (Lipinski definition) is 4. The maximum atomic E-state index is 10.6. The van der Waals surface area contributed by atoms with Gasteiger partial charge in [0.05, 0.1) is 11.6 Å². The molecule has 6 N–H and O–H groups in total. The van der Waals surface area contributed by atoms with Crippen LogP contribution in [0.4, 0.5) is 0 Å². The molecule has 15 heavy (non-hydrogen) atoms. The second-order valence-electron chi connectivity index (χ2n) is 3.26. The van der Waals surface area contributed by atoms with Gasteiger partial charge in [-0.25, -0.2) is 4.21 Å². The zero-order valence-electron chi connectivity index (χ0n) is 9.06. The topological polar surface area (TPSA) is 101 Å². The van der Waals surface area contributed by atoms with Crippen molar-refractivity contribution in [3.05, 3.63) is 23.7 Å². The average Bonchev–Trinajstić information content (AvgIpc) is 2.15. The zero-order chi connectivity index (χ0) is 11.8. The van der Waals surface area contributed by atoms with Crippen LogP contribution in [0.2, 0.25) is 0 Å². The van der Waals surface area contributed by atoms with E-state index in [4.69, 9.17) is 16.0 Å². The zero-order valence-corrected chi connectivity index (χ0v) is 9.88. The molecule has 6 heteroatoms. The van der Waals surface area contributed by atoms with E-state index in [2.05, 4.69) is 5.32 Å². The van der Waals surface area contributed by atoms with Crippen molar-refractivity contribution in [3.8, 4) is 0 Å². The number of rotatable bonds is 6. The van der Waals surface area contributed by atoms with Crippen LogP contribution in [-0.2, 0) is 11.1 Å². The highest BCUT2D eigenvalue weighted by molar-refractivity contribution is 7.79. The third-order valence-electron chi connectivity index (χ3n) is 1.87. The third-order valence-corrected chi connectivity index (χ3v) is 2.45. The van der Waals surface area contributed by atoms with Gasteiger partial charge in [-0.2, -0.15) is 0 Å². The molecule has 0 aliphatic heterocycles. The summed E-state index contributed by atoms with van der Waals surface area (Å²) in [7, 11) is 0. The van der Waals surface area contributed by atoms with Gasteiger partial charge >= 0.3 is 0 Å². The molecular weight excluding hydrogens is 214 g/mol. The average molecular weight is 233 g/mol. The monoisotopic (exact) mass is 233 g/mol. The number of nitrogens with two attached hydrogens (primary N) is 2. The molecule has 5 nitrogen and oxygen atoms in total. The summed E-state index contributed by atoms with van der Waals surface area (Å²) in [5.41, 5.74) is 11.5. The summed E-state index contributed by atoms with van der Waals surface area (Å²) in [4.78, 5) is 0. The van der Waals surface area contributed by atoms with E-state index in [1.807, 2.05) is 13.8 Å². The van der Waals surface area contributed by atoms with Crippen LogP contribution in [0.15, 0.2) is 23.7 Å². The van der Waals surface area contributed by atoms with Crippen LogP contribution in [-0.4, -0.2) is 20.6 Å². The standard InChI is InChI=1S/C9H19N3O2S/c1-3-7(2)12-9(11)4-8(5-10)6-15(13)14/h4-5,7,12H,3,6,10-11H2,1-2H3,(H,13,14)/b8-5+,9-4+/t7-/m0/s1. The van der Waals surface area contributed by atoms with Crippen LogP contribution in [0.1, 0.15) is 20.3 Å². The first-order valence-corrected chi connectivity index (χ1v) is 5.99. The second kappa shape index (κ2) is 7.30. The van der Waals surface area contributed by atoms with E-state index in [0.29, 0.717) is 11.4 Å². The van der Waals surface area contributed by atoms with Gasteiger partial charge in [-0.05, 0) is 31.2 Å². The molecule has 0 saturated carbocycles. The van der Waals surface area contributed by atoms with Gasteiger partial charge in [0.15, 0.2) is 11.1 Å². The minimum Gasteiger partial charge on any atom is -0.404 e. The largest absolute Gasteiger partial charge is 0.404 e. The van der Waals surface area contributed by atoms with Gasteiger partial charge in [-0.3, -0.25) is 0 Å². The number of nitrogens with one attached hydrogen (secondary N) is 1. The van der Waals surface area contributed by atoms with Crippen molar-refractivity contribution < 1.29 is 8.76 Å². The van der Waals surface area contributed by atoms with Crippen molar-refractivity contribution in [2.24, 2.45) is 11.5 Å². The summed E-state index contributed by atoms with van der Waals surface area (Å²) < 4.78 is 19.2. The van der Waals surface area contributed by atoms with Gasteiger partial charge in [-0.1, -0.05) is 6.92 Å². The first-order valence-electron chi connectivity index (χ1n) is 4.71. The second-order valence-corrected chi connectivity index (χ2v) is 4.19.